The van der Waals surface area contributed by atoms with Crippen LogP contribution in [0.3, 0.4) is 0 Å². The third-order valence-corrected chi connectivity index (χ3v) is 5.46. The smallest absolute Gasteiger partial charge is 0.122 e. The molecule has 0 N–H and O–H groups in total. The van der Waals surface area contributed by atoms with Gasteiger partial charge in [-0.05, 0) is 81.4 Å². The molecule has 1 aliphatic heterocycles. The number of piperidine rings is 1. The molecule has 0 saturated carbocycles. The Bertz CT molecular complexity index is 700. The molecule has 1 heterocycles. The van der Waals surface area contributed by atoms with Gasteiger partial charge in [-0.3, -0.25) is 0 Å². The van der Waals surface area contributed by atoms with Crippen LogP contribution in [0.15, 0.2) is 48.5 Å². The normalized spacial score (nSPS) is 17.6. The Morgan fingerprint density at radius 3 is 2.74 bits per heavy atom. The van der Waals surface area contributed by atoms with Crippen molar-refractivity contribution in [3.05, 3.63) is 59.7 Å². The van der Waals surface area contributed by atoms with Crippen LogP contribution in [0.4, 0.5) is 0 Å². The van der Waals surface area contributed by atoms with Crippen LogP contribution in [0.2, 0.25) is 0 Å². The first-order valence-corrected chi connectivity index (χ1v) is 10.3. The maximum absolute atomic E-state index is 6.23. The van der Waals surface area contributed by atoms with E-state index in [1.165, 1.54) is 43.4 Å². The summed E-state index contributed by atoms with van der Waals surface area (Å²) >= 11 is 0. The molecule has 1 aliphatic rings. The minimum Gasteiger partial charge on any atom is -0.497 e. The Morgan fingerprint density at radius 1 is 1.04 bits per heavy atom. The maximum Gasteiger partial charge on any atom is 0.122 e. The molecule has 0 spiro atoms. The summed E-state index contributed by atoms with van der Waals surface area (Å²) in [5, 5.41) is 0. The highest BCUT2D eigenvalue weighted by molar-refractivity contribution is 5.33. The number of hydrogen-bond donors (Lipinski definition) is 0. The average Bonchev–Trinajstić information content (AvgIpc) is 2.70. The Balaban J connectivity index is 1.45. The lowest BCUT2D eigenvalue weighted by Gasteiger charge is -2.29. The molecule has 0 radical (unpaired) electrons. The van der Waals surface area contributed by atoms with Gasteiger partial charge < -0.3 is 14.4 Å². The molecule has 0 aliphatic carbocycles. The van der Waals surface area contributed by atoms with Gasteiger partial charge in [0.2, 0.25) is 0 Å². The first-order chi connectivity index (χ1) is 13.2. The number of ether oxygens (including phenoxy) is 2. The van der Waals surface area contributed by atoms with Crippen LogP contribution in [0.25, 0.3) is 0 Å². The number of rotatable bonds is 9. The summed E-state index contributed by atoms with van der Waals surface area (Å²) < 4.78 is 11.5. The molecular formula is C24H33NO2. The molecule has 1 atom stereocenters. The Morgan fingerprint density at radius 2 is 1.89 bits per heavy atom. The molecule has 0 amide bonds. The monoisotopic (exact) mass is 367 g/mol. The summed E-state index contributed by atoms with van der Waals surface area (Å²) in [5.74, 6) is 2.68. The molecule has 1 fully saturated rings. The third kappa shape index (κ3) is 6.28. The van der Waals surface area contributed by atoms with Crippen LogP contribution in [0.1, 0.15) is 36.8 Å². The van der Waals surface area contributed by atoms with Crippen molar-refractivity contribution in [2.24, 2.45) is 5.92 Å². The number of hydrogen-bond acceptors (Lipinski definition) is 3. The predicted molar refractivity (Wildman–Crippen MR) is 112 cm³/mol. The molecule has 0 unspecified atom stereocenters. The molecular weight excluding hydrogens is 334 g/mol. The van der Waals surface area contributed by atoms with Crippen molar-refractivity contribution in [3.63, 3.8) is 0 Å². The molecule has 3 heteroatoms. The van der Waals surface area contributed by atoms with Gasteiger partial charge in [0.15, 0.2) is 0 Å². The number of methoxy groups -OCH3 is 1. The second-order valence-corrected chi connectivity index (χ2v) is 7.75. The zero-order chi connectivity index (χ0) is 18.9. The van der Waals surface area contributed by atoms with Crippen LogP contribution in [-0.2, 0) is 12.8 Å². The van der Waals surface area contributed by atoms with Crippen LogP contribution in [0.5, 0.6) is 11.5 Å². The average molecular weight is 368 g/mol. The number of aryl methyl sites for hydroxylation is 2. The largest absolute Gasteiger partial charge is 0.497 e. The summed E-state index contributed by atoms with van der Waals surface area (Å²) in [5.41, 5.74) is 2.69. The molecule has 27 heavy (non-hydrogen) atoms. The number of likely N-dealkylation sites (tertiary alicyclic amines) is 1. The van der Waals surface area contributed by atoms with E-state index >= 15 is 0 Å². The van der Waals surface area contributed by atoms with Crippen molar-refractivity contribution in [1.82, 2.24) is 4.90 Å². The number of nitrogens with zero attached hydrogens (tertiary/aromatic N) is 1. The van der Waals surface area contributed by atoms with Gasteiger partial charge in [-0.1, -0.05) is 30.3 Å². The zero-order valence-corrected chi connectivity index (χ0v) is 16.8. The fourth-order valence-corrected chi connectivity index (χ4v) is 3.94. The highest BCUT2D eigenvalue weighted by atomic mass is 16.5. The van der Waals surface area contributed by atoms with Crippen LogP contribution in [0, 0.1) is 5.92 Å². The maximum atomic E-state index is 6.23. The first-order valence-electron chi connectivity index (χ1n) is 10.3. The Labute approximate surface area is 164 Å². The molecule has 146 valence electrons. The van der Waals surface area contributed by atoms with E-state index in [0.717, 1.165) is 37.5 Å². The fourth-order valence-electron chi connectivity index (χ4n) is 3.94. The standard InChI is InChI=1S/C24H33NO2/c1-25-16-8-11-21(18-25)19-27-24-15-6-5-13-22(24)12-4-3-9-20-10-7-14-23(17-20)26-2/h5-7,10,13-15,17,21H,3-4,8-9,11-12,16,18-19H2,1-2H3/t21-/m1/s1. The SMILES string of the molecule is COc1cccc(CCCCc2ccccc2OC[C@@H]2CCCN(C)C2)c1. The quantitative estimate of drug-likeness (QED) is 0.583. The highest BCUT2D eigenvalue weighted by Gasteiger charge is 2.18. The van der Waals surface area contributed by atoms with E-state index in [-0.39, 0.29) is 0 Å². The summed E-state index contributed by atoms with van der Waals surface area (Å²) in [4.78, 5) is 2.42. The number of para-hydroxylation sites is 1. The van der Waals surface area contributed by atoms with E-state index in [4.69, 9.17) is 9.47 Å². The predicted octanol–water partition coefficient (Wildman–Crippen LogP) is 4.98. The number of unbranched alkanes of at least 4 members (excludes halogenated alkanes) is 1. The van der Waals surface area contributed by atoms with E-state index in [0.29, 0.717) is 5.92 Å². The lowest BCUT2D eigenvalue weighted by Crippen LogP contribution is -2.34. The van der Waals surface area contributed by atoms with Crippen LogP contribution < -0.4 is 9.47 Å². The van der Waals surface area contributed by atoms with Crippen LogP contribution in [-0.4, -0.2) is 38.8 Å². The molecule has 3 rings (SSSR count). The van der Waals surface area contributed by atoms with Crippen molar-refractivity contribution in [1.29, 1.82) is 0 Å². The fraction of sp³-hybridized carbons (Fsp3) is 0.500. The third-order valence-electron chi connectivity index (χ3n) is 5.46. The van der Waals surface area contributed by atoms with Gasteiger partial charge in [0, 0.05) is 12.5 Å². The molecule has 1 saturated heterocycles. The van der Waals surface area contributed by atoms with E-state index in [9.17, 15) is 0 Å². The molecule has 0 aromatic heterocycles. The lowest BCUT2D eigenvalue weighted by molar-refractivity contribution is 0.150. The lowest BCUT2D eigenvalue weighted by atomic mass is 9.99. The van der Waals surface area contributed by atoms with Crippen molar-refractivity contribution in [3.8, 4) is 11.5 Å². The van der Waals surface area contributed by atoms with Gasteiger partial charge in [0.1, 0.15) is 11.5 Å². The zero-order valence-electron chi connectivity index (χ0n) is 16.8. The van der Waals surface area contributed by atoms with E-state index < -0.39 is 0 Å². The highest BCUT2D eigenvalue weighted by Crippen LogP contribution is 2.23. The van der Waals surface area contributed by atoms with Gasteiger partial charge in [-0.25, -0.2) is 0 Å². The van der Waals surface area contributed by atoms with E-state index in [1.807, 2.05) is 6.07 Å². The van der Waals surface area contributed by atoms with E-state index in [1.54, 1.807) is 7.11 Å². The summed E-state index contributed by atoms with van der Waals surface area (Å²) in [6.45, 7) is 3.22. The van der Waals surface area contributed by atoms with Gasteiger partial charge in [-0.15, -0.1) is 0 Å². The first kappa shape index (κ1) is 19.8. The van der Waals surface area contributed by atoms with Gasteiger partial charge in [-0.2, -0.15) is 0 Å². The molecule has 0 bridgehead atoms. The second kappa shape index (κ2) is 10.4. The van der Waals surface area contributed by atoms with Crippen molar-refractivity contribution in [2.75, 3.05) is 33.9 Å². The van der Waals surface area contributed by atoms with Gasteiger partial charge >= 0.3 is 0 Å². The Kier molecular flexibility index (Phi) is 7.58. The molecule has 2 aromatic carbocycles. The van der Waals surface area contributed by atoms with Crippen molar-refractivity contribution in [2.45, 2.75) is 38.5 Å². The molecule has 3 nitrogen and oxygen atoms in total. The minimum atomic E-state index is 0.657. The van der Waals surface area contributed by atoms with Gasteiger partial charge in [0.25, 0.3) is 0 Å². The minimum absolute atomic E-state index is 0.657. The number of benzene rings is 2. The summed E-state index contributed by atoms with van der Waals surface area (Å²) in [7, 11) is 3.93. The van der Waals surface area contributed by atoms with Gasteiger partial charge in [0.05, 0.1) is 13.7 Å². The van der Waals surface area contributed by atoms with Crippen molar-refractivity contribution >= 4 is 0 Å². The molecule has 2 aromatic rings. The van der Waals surface area contributed by atoms with Crippen LogP contribution >= 0.6 is 0 Å². The summed E-state index contributed by atoms with van der Waals surface area (Å²) in [6, 6.07) is 16.9. The second-order valence-electron chi connectivity index (χ2n) is 7.75. The Hall–Kier alpha value is -2.00. The summed E-state index contributed by atoms with van der Waals surface area (Å²) in [6.07, 6.45) is 7.08. The van der Waals surface area contributed by atoms with Crippen molar-refractivity contribution < 1.29 is 9.47 Å². The topological polar surface area (TPSA) is 21.7 Å². The van der Waals surface area contributed by atoms with E-state index in [2.05, 4.69) is 54.4 Å².